The van der Waals surface area contributed by atoms with E-state index in [9.17, 15) is 9.59 Å². The Morgan fingerprint density at radius 3 is 2.12 bits per heavy atom. The number of hydrogen-bond acceptors (Lipinski definition) is 4. The van der Waals surface area contributed by atoms with Gasteiger partial charge in [0.1, 0.15) is 0 Å². The summed E-state index contributed by atoms with van der Waals surface area (Å²) in [6.45, 7) is 2.11. The Morgan fingerprint density at radius 1 is 0.882 bits per heavy atom. The van der Waals surface area contributed by atoms with E-state index in [4.69, 9.17) is 23.2 Å². The standard InChI is InChI=1S/C27H21Cl2NO2S2/c1-2-33-22-13-3-17(4-14-22)15-24(31)30-25-16-23(18-5-9-20(28)10-6-18)27(34-25)26(32)19-7-11-21(29)12-8-19/h3-14,16H,2,15H2,1H3,(H,30,31). The smallest absolute Gasteiger partial charge is 0.229 e. The molecular weight excluding hydrogens is 505 g/mol. The number of carbonyl (C=O) groups is 2. The molecule has 0 aliphatic heterocycles. The molecule has 1 aromatic heterocycles. The lowest BCUT2D eigenvalue weighted by Crippen LogP contribution is -2.13. The minimum atomic E-state index is -0.134. The zero-order valence-corrected chi connectivity index (χ0v) is 21.5. The third kappa shape index (κ3) is 6.10. The fourth-order valence-corrected chi connectivity index (χ4v) is 5.41. The van der Waals surface area contributed by atoms with Crippen LogP contribution in [0.3, 0.4) is 0 Å². The molecule has 0 atom stereocenters. The average molecular weight is 527 g/mol. The van der Waals surface area contributed by atoms with Crippen molar-refractivity contribution in [1.29, 1.82) is 0 Å². The summed E-state index contributed by atoms with van der Waals surface area (Å²) < 4.78 is 0. The fraction of sp³-hybridized carbons (Fsp3) is 0.111. The second kappa shape index (κ2) is 11.2. The van der Waals surface area contributed by atoms with Crippen molar-refractivity contribution >= 4 is 63.0 Å². The molecule has 3 nitrogen and oxygen atoms in total. The van der Waals surface area contributed by atoms with E-state index in [-0.39, 0.29) is 18.1 Å². The molecule has 0 fully saturated rings. The van der Waals surface area contributed by atoms with E-state index in [1.54, 1.807) is 48.2 Å². The van der Waals surface area contributed by atoms with Gasteiger partial charge in [0.05, 0.1) is 16.3 Å². The summed E-state index contributed by atoms with van der Waals surface area (Å²) in [5.74, 6) is 0.743. The van der Waals surface area contributed by atoms with Crippen molar-refractivity contribution in [1.82, 2.24) is 0 Å². The maximum atomic E-state index is 13.3. The third-order valence-electron chi connectivity index (χ3n) is 5.06. The third-order valence-corrected chi connectivity index (χ3v) is 7.51. The number of halogens is 2. The topological polar surface area (TPSA) is 46.2 Å². The fourth-order valence-electron chi connectivity index (χ4n) is 3.43. The number of carbonyl (C=O) groups excluding carboxylic acids is 2. The van der Waals surface area contributed by atoms with E-state index in [1.165, 1.54) is 16.2 Å². The molecule has 0 saturated heterocycles. The van der Waals surface area contributed by atoms with Crippen LogP contribution in [0, 0.1) is 0 Å². The van der Waals surface area contributed by atoms with Gasteiger partial charge < -0.3 is 5.32 Å². The SMILES string of the molecule is CCSc1ccc(CC(=O)Nc2cc(-c3ccc(Cl)cc3)c(C(=O)c3ccc(Cl)cc3)s2)cc1. The van der Waals surface area contributed by atoms with Crippen LogP contribution in [-0.2, 0) is 11.2 Å². The van der Waals surface area contributed by atoms with E-state index in [0.29, 0.717) is 25.5 Å². The largest absolute Gasteiger partial charge is 0.317 e. The zero-order chi connectivity index (χ0) is 24.1. The highest BCUT2D eigenvalue weighted by atomic mass is 35.5. The summed E-state index contributed by atoms with van der Waals surface area (Å²) >= 11 is 15.1. The maximum Gasteiger partial charge on any atom is 0.229 e. The minimum absolute atomic E-state index is 0.129. The summed E-state index contributed by atoms with van der Waals surface area (Å²) in [6, 6.07) is 23.9. The molecule has 4 rings (SSSR count). The summed E-state index contributed by atoms with van der Waals surface area (Å²) in [5, 5.41) is 4.76. The molecule has 7 heteroatoms. The number of hydrogen-bond donors (Lipinski definition) is 1. The minimum Gasteiger partial charge on any atom is -0.317 e. The van der Waals surface area contributed by atoms with Crippen molar-refractivity contribution in [2.75, 3.05) is 11.1 Å². The number of thioether (sulfide) groups is 1. The molecule has 0 unspecified atom stereocenters. The molecule has 0 spiro atoms. The highest BCUT2D eigenvalue weighted by Crippen LogP contribution is 2.37. The second-order valence-electron chi connectivity index (χ2n) is 7.50. The first-order valence-electron chi connectivity index (χ1n) is 10.6. The molecule has 1 N–H and O–H groups in total. The van der Waals surface area contributed by atoms with Crippen molar-refractivity contribution in [3.05, 3.63) is 105 Å². The van der Waals surface area contributed by atoms with Gasteiger partial charge in [-0.25, -0.2) is 0 Å². The Balaban J connectivity index is 1.59. The van der Waals surface area contributed by atoms with Gasteiger partial charge in [0.25, 0.3) is 0 Å². The summed E-state index contributed by atoms with van der Waals surface area (Å²) in [6.07, 6.45) is 0.256. The number of thiophene rings is 1. The quantitative estimate of drug-likeness (QED) is 0.186. The number of benzene rings is 3. The van der Waals surface area contributed by atoms with Gasteiger partial charge in [0.15, 0.2) is 0 Å². The Hall–Kier alpha value is -2.57. The number of amides is 1. The predicted molar refractivity (Wildman–Crippen MR) is 145 cm³/mol. The van der Waals surface area contributed by atoms with E-state index >= 15 is 0 Å². The van der Waals surface area contributed by atoms with Gasteiger partial charge in [-0.3, -0.25) is 9.59 Å². The molecule has 0 radical (unpaired) electrons. The number of nitrogens with one attached hydrogen (secondary N) is 1. The van der Waals surface area contributed by atoms with Crippen LogP contribution in [-0.4, -0.2) is 17.4 Å². The Kier molecular flexibility index (Phi) is 8.11. The van der Waals surface area contributed by atoms with Crippen LogP contribution in [0.1, 0.15) is 27.7 Å². The van der Waals surface area contributed by atoms with Crippen molar-refractivity contribution < 1.29 is 9.59 Å². The van der Waals surface area contributed by atoms with Gasteiger partial charge in [-0.05, 0) is 71.5 Å². The van der Waals surface area contributed by atoms with Crippen LogP contribution in [0.2, 0.25) is 10.0 Å². The van der Waals surface area contributed by atoms with Gasteiger partial charge in [0.2, 0.25) is 11.7 Å². The van der Waals surface area contributed by atoms with E-state index in [2.05, 4.69) is 12.2 Å². The van der Waals surface area contributed by atoms with Crippen molar-refractivity contribution in [3.63, 3.8) is 0 Å². The Labute approximate surface area is 217 Å². The van der Waals surface area contributed by atoms with Gasteiger partial charge in [-0.1, -0.05) is 54.4 Å². The first-order chi connectivity index (χ1) is 16.4. The van der Waals surface area contributed by atoms with E-state index in [1.807, 2.05) is 42.5 Å². The summed E-state index contributed by atoms with van der Waals surface area (Å²) in [5.41, 5.74) is 3.06. The Morgan fingerprint density at radius 2 is 1.50 bits per heavy atom. The average Bonchev–Trinajstić information content (AvgIpc) is 3.24. The van der Waals surface area contributed by atoms with Gasteiger partial charge >= 0.3 is 0 Å². The lowest BCUT2D eigenvalue weighted by Gasteiger charge is -2.04. The maximum absolute atomic E-state index is 13.3. The van der Waals surface area contributed by atoms with Crippen molar-refractivity contribution in [2.24, 2.45) is 0 Å². The van der Waals surface area contributed by atoms with Gasteiger partial charge in [0, 0.05) is 26.1 Å². The highest BCUT2D eigenvalue weighted by Gasteiger charge is 2.20. The molecule has 4 aromatic rings. The molecule has 0 bridgehead atoms. The normalized spacial score (nSPS) is 10.8. The number of ketones is 1. The van der Waals surface area contributed by atoms with Gasteiger partial charge in [-0.2, -0.15) is 0 Å². The van der Waals surface area contributed by atoms with E-state index in [0.717, 1.165) is 22.4 Å². The first-order valence-corrected chi connectivity index (χ1v) is 13.2. The molecule has 3 aromatic carbocycles. The van der Waals surface area contributed by atoms with Crippen LogP contribution >= 0.6 is 46.3 Å². The second-order valence-corrected chi connectivity index (χ2v) is 10.8. The van der Waals surface area contributed by atoms with Crippen molar-refractivity contribution in [2.45, 2.75) is 18.2 Å². The molecule has 1 amide bonds. The molecular formula is C27H21Cl2NO2S2. The van der Waals surface area contributed by atoms with Crippen LogP contribution in [0.25, 0.3) is 11.1 Å². The highest BCUT2D eigenvalue weighted by molar-refractivity contribution is 7.99. The number of rotatable bonds is 8. The first kappa shape index (κ1) is 24.6. The summed E-state index contributed by atoms with van der Waals surface area (Å²) in [4.78, 5) is 27.8. The molecule has 34 heavy (non-hydrogen) atoms. The van der Waals surface area contributed by atoms with E-state index < -0.39 is 0 Å². The van der Waals surface area contributed by atoms with Gasteiger partial charge in [-0.15, -0.1) is 23.1 Å². The molecule has 0 aliphatic rings. The van der Waals surface area contributed by atoms with Crippen LogP contribution in [0.15, 0.2) is 83.8 Å². The Bertz CT molecular complexity index is 1300. The number of anilines is 1. The molecule has 0 saturated carbocycles. The zero-order valence-electron chi connectivity index (χ0n) is 18.3. The lowest BCUT2D eigenvalue weighted by molar-refractivity contribution is -0.115. The van der Waals surface area contributed by atoms with Crippen LogP contribution in [0.4, 0.5) is 5.00 Å². The van der Waals surface area contributed by atoms with Crippen LogP contribution < -0.4 is 5.32 Å². The van der Waals surface area contributed by atoms with Crippen molar-refractivity contribution in [3.8, 4) is 11.1 Å². The van der Waals surface area contributed by atoms with Crippen LogP contribution in [0.5, 0.6) is 0 Å². The monoisotopic (exact) mass is 525 g/mol. The predicted octanol–water partition coefficient (Wildman–Crippen LogP) is 8.25. The lowest BCUT2D eigenvalue weighted by atomic mass is 10.0. The molecule has 172 valence electrons. The summed E-state index contributed by atoms with van der Waals surface area (Å²) in [7, 11) is 0. The molecule has 0 aliphatic carbocycles. The molecule has 1 heterocycles.